The van der Waals surface area contributed by atoms with Gasteiger partial charge in [-0.15, -0.1) is 12.4 Å². The van der Waals surface area contributed by atoms with Crippen molar-refractivity contribution in [1.82, 2.24) is 10.6 Å². The Morgan fingerprint density at radius 1 is 1.39 bits per heavy atom. The van der Waals surface area contributed by atoms with Crippen LogP contribution in [0.25, 0.3) is 0 Å². The molecule has 1 aromatic carbocycles. The van der Waals surface area contributed by atoms with Crippen molar-refractivity contribution >= 4 is 18.3 Å². The number of halogens is 2. The zero-order valence-corrected chi connectivity index (χ0v) is 14.4. The molecule has 1 saturated heterocycles. The van der Waals surface area contributed by atoms with Crippen molar-refractivity contribution in [3.63, 3.8) is 0 Å². The lowest BCUT2D eigenvalue weighted by Crippen LogP contribution is -2.42. The average Bonchev–Trinajstić information content (AvgIpc) is 2.51. The minimum absolute atomic E-state index is 0. The number of hydrogen-bond acceptors (Lipinski definition) is 3. The van der Waals surface area contributed by atoms with Gasteiger partial charge in [-0.05, 0) is 49.9 Å². The predicted molar refractivity (Wildman–Crippen MR) is 91.6 cm³/mol. The number of ether oxygens (including phenoxy) is 1. The van der Waals surface area contributed by atoms with E-state index >= 15 is 0 Å². The summed E-state index contributed by atoms with van der Waals surface area (Å²) in [4.78, 5) is 11.9. The van der Waals surface area contributed by atoms with E-state index in [0.717, 1.165) is 32.5 Å². The maximum Gasteiger partial charge on any atom is 0.220 e. The minimum Gasteiger partial charge on any atom is -0.493 e. The zero-order chi connectivity index (χ0) is 15.8. The van der Waals surface area contributed by atoms with Crippen molar-refractivity contribution < 1.29 is 13.9 Å². The number of rotatable bonds is 7. The van der Waals surface area contributed by atoms with Crippen molar-refractivity contribution in [2.24, 2.45) is 5.41 Å². The molecule has 1 amide bonds. The highest BCUT2D eigenvalue weighted by Gasteiger charge is 2.26. The smallest absolute Gasteiger partial charge is 0.220 e. The molecule has 4 nitrogen and oxygen atoms in total. The van der Waals surface area contributed by atoms with Crippen LogP contribution < -0.4 is 15.4 Å². The number of hydrogen-bond donors (Lipinski definition) is 2. The van der Waals surface area contributed by atoms with Crippen LogP contribution in [0.4, 0.5) is 4.39 Å². The van der Waals surface area contributed by atoms with Crippen LogP contribution in [0.5, 0.6) is 5.75 Å². The van der Waals surface area contributed by atoms with Gasteiger partial charge in [-0.1, -0.05) is 13.0 Å². The summed E-state index contributed by atoms with van der Waals surface area (Å²) in [5.41, 5.74) is 0.207. The Labute approximate surface area is 143 Å². The molecule has 130 valence electrons. The highest BCUT2D eigenvalue weighted by atomic mass is 35.5. The molecule has 1 heterocycles. The van der Waals surface area contributed by atoms with E-state index in [0.29, 0.717) is 25.2 Å². The number of piperidine rings is 1. The molecule has 1 fully saturated rings. The molecule has 23 heavy (non-hydrogen) atoms. The molecule has 1 aliphatic heterocycles. The predicted octanol–water partition coefficient (Wildman–Crippen LogP) is 2.91. The first kappa shape index (κ1) is 19.7. The van der Waals surface area contributed by atoms with Crippen molar-refractivity contribution in [1.29, 1.82) is 0 Å². The van der Waals surface area contributed by atoms with E-state index in [1.165, 1.54) is 12.1 Å². The largest absolute Gasteiger partial charge is 0.493 e. The number of carbonyl (C=O) groups is 1. The molecule has 0 unspecified atom stereocenters. The lowest BCUT2D eigenvalue weighted by Gasteiger charge is -2.34. The van der Waals surface area contributed by atoms with Crippen LogP contribution >= 0.6 is 12.4 Å². The fourth-order valence-electron chi connectivity index (χ4n) is 2.59. The Hall–Kier alpha value is -1.33. The van der Waals surface area contributed by atoms with Crippen LogP contribution in [-0.2, 0) is 4.79 Å². The lowest BCUT2D eigenvalue weighted by molar-refractivity contribution is -0.121. The molecule has 0 atom stereocenters. The first-order valence-electron chi connectivity index (χ1n) is 7.93. The van der Waals surface area contributed by atoms with Gasteiger partial charge in [0.05, 0.1) is 6.61 Å². The van der Waals surface area contributed by atoms with Crippen LogP contribution in [-0.4, -0.2) is 32.1 Å². The third kappa shape index (κ3) is 7.18. The molecule has 0 aromatic heterocycles. The number of amides is 1. The second-order valence-corrected chi connectivity index (χ2v) is 6.25. The fourth-order valence-corrected chi connectivity index (χ4v) is 2.59. The van der Waals surface area contributed by atoms with E-state index in [1.807, 2.05) is 0 Å². The minimum atomic E-state index is -0.314. The van der Waals surface area contributed by atoms with Crippen molar-refractivity contribution in [3.8, 4) is 5.75 Å². The Morgan fingerprint density at radius 3 is 2.83 bits per heavy atom. The van der Waals surface area contributed by atoms with Gasteiger partial charge in [0.25, 0.3) is 0 Å². The monoisotopic (exact) mass is 344 g/mol. The molecule has 2 rings (SSSR count). The Morgan fingerprint density at radius 2 is 2.13 bits per heavy atom. The molecule has 0 aliphatic carbocycles. The quantitative estimate of drug-likeness (QED) is 0.748. The van der Waals surface area contributed by atoms with E-state index in [2.05, 4.69) is 17.6 Å². The highest BCUT2D eigenvalue weighted by Crippen LogP contribution is 2.26. The van der Waals surface area contributed by atoms with Gasteiger partial charge in [0.2, 0.25) is 5.91 Å². The summed E-state index contributed by atoms with van der Waals surface area (Å²) in [6.45, 7) is 5.42. The Kier molecular flexibility index (Phi) is 8.34. The molecular formula is C17H26ClFN2O2. The van der Waals surface area contributed by atoms with Crippen LogP contribution in [0.15, 0.2) is 24.3 Å². The molecule has 6 heteroatoms. The number of benzene rings is 1. The molecule has 2 N–H and O–H groups in total. The van der Waals surface area contributed by atoms with Crippen LogP contribution in [0, 0.1) is 11.2 Å². The van der Waals surface area contributed by atoms with Gasteiger partial charge in [-0.2, -0.15) is 0 Å². The summed E-state index contributed by atoms with van der Waals surface area (Å²) in [6, 6.07) is 6.04. The first-order chi connectivity index (χ1) is 10.6. The zero-order valence-electron chi connectivity index (χ0n) is 13.6. The second-order valence-electron chi connectivity index (χ2n) is 6.25. The Balaban J connectivity index is 0.00000264. The maximum absolute atomic E-state index is 13.0. The van der Waals surface area contributed by atoms with E-state index < -0.39 is 0 Å². The second kappa shape index (κ2) is 9.73. The summed E-state index contributed by atoms with van der Waals surface area (Å²) in [7, 11) is 0. The van der Waals surface area contributed by atoms with Crippen LogP contribution in [0.3, 0.4) is 0 Å². The van der Waals surface area contributed by atoms with E-state index in [-0.39, 0.29) is 29.5 Å². The molecular weight excluding hydrogens is 319 g/mol. The molecule has 0 bridgehead atoms. The van der Waals surface area contributed by atoms with E-state index in [1.54, 1.807) is 12.1 Å². The number of carbonyl (C=O) groups excluding carboxylic acids is 1. The van der Waals surface area contributed by atoms with Crippen LogP contribution in [0.1, 0.15) is 32.6 Å². The normalized spacial score (nSPS) is 16.3. The van der Waals surface area contributed by atoms with Crippen molar-refractivity contribution in [3.05, 3.63) is 30.1 Å². The molecule has 0 saturated carbocycles. The molecule has 1 aliphatic rings. The summed E-state index contributed by atoms with van der Waals surface area (Å²) in [5.74, 6) is 0.246. The van der Waals surface area contributed by atoms with Gasteiger partial charge < -0.3 is 15.4 Å². The van der Waals surface area contributed by atoms with Gasteiger partial charge in [-0.25, -0.2) is 4.39 Å². The van der Waals surface area contributed by atoms with E-state index in [4.69, 9.17) is 4.74 Å². The molecule has 0 radical (unpaired) electrons. The summed E-state index contributed by atoms with van der Waals surface area (Å²) < 4.78 is 18.4. The van der Waals surface area contributed by atoms with Gasteiger partial charge in [0.15, 0.2) is 0 Å². The van der Waals surface area contributed by atoms with E-state index in [9.17, 15) is 9.18 Å². The molecule has 1 aromatic rings. The summed E-state index contributed by atoms with van der Waals surface area (Å²) in [6.07, 6.45) is 3.25. The van der Waals surface area contributed by atoms with Crippen LogP contribution in [0.2, 0.25) is 0 Å². The molecule has 0 spiro atoms. The fraction of sp³-hybridized carbons (Fsp3) is 0.588. The van der Waals surface area contributed by atoms with Gasteiger partial charge in [0.1, 0.15) is 11.6 Å². The standard InChI is InChI=1S/C17H25FN2O2.ClH/c1-17(7-9-19-10-8-17)13-20-16(21)6-3-11-22-15-5-2-4-14(18)12-15;/h2,4-5,12,19H,3,6-11,13H2,1H3,(H,20,21);1H. The lowest BCUT2D eigenvalue weighted by atomic mass is 9.81. The van der Waals surface area contributed by atoms with Gasteiger partial charge >= 0.3 is 0 Å². The van der Waals surface area contributed by atoms with Gasteiger partial charge in [0, 0.05) is 19.0 Å². The topological polar surface area (TPSA) is 50.4 Å². The highest BCUT2D eigenvalue weighted by molar-refractivity contribution is 5.85. The first-order valence-corrected chi connectivity index (χ1v) is 7.93. The summed E-state index contributed by atoms with van der Waals surface area (Å²) >= 11 is 0. The Bertz CT molecular complexity index is 493. The third-order valence-corrected chi connectivity index (χ3v) is 4.14. The van der Waals surface area contributed by atoms with Crippen molar-refractivity contribution in [2.75, 3.05) is 26.2 Å². The average molecular weight is 345 g/mol. The SMILES string of the molecule is CC1(CNC(=O)CCCOc2cccc(F)c2)CCNCC1.Cl. The maximum atomic E-state index is 13.0. The van der Waals surface area contributed by atoms with Gasteiger partial charge in [-0.3, -0.25) is 4.79 Å². The third-order valence-electron chi connectivity index (χ3n) is 4.14. The summed E-state index contributed by atoms with van der Waals surface area (Å²) in [5, 5.41) is 6.35. The number of nitrogens with one attached hydrogen (secondary N) is 2. The van der Waals surface area contributed by atoms with Crippen molar-refractivity contribution in [2.45, 2.75) is 32.6 Å².